The fraction of sp³-hybridized carbons (Fsp3) is 0.467. The lowest BCUT2D eigenvalue weighted by Gasteiger charge is -2.09. The molecule has 0 bridgehead atoms. The van der Waals surface area contributed by atoms with Gasteiger partial charge in [-0.3, -0.25) is 4.79 Å². The van der Waals surface area contributed by atoms with E-state index in [1.807, 2.05) is 31.2 Å². The molecule has 1 aliphatic rings. The monoisotopic (exact) mass is 306 g/mol. The van der Waals surface area contributed by atoms with E-state index in [9.17, 15) is 4.79 Å². The number of rotatable bonds is 5. The van der Waals surface area contributed by atoms with E-state index in [1.165, 1.54) is 11.8 Å². The van der Waals surface area contributed by atoms with Crippen LogP contribution in [-0.4, -0.2) is 40.6 Å². The van der Waals surface area contributed by atoms with Gasteiger partial charge >= 0.3 is 5.97 Å². The maximum Gasteiger partial charge on any atom is 0.319 e. The maximum absolute atomic E-state index is 11.8. The second kappa shape index (κ2) is 6.07. The summed E-state index contributed by atoms with van der Waals surface area (Å²) in [6.45, 7) is 3.25. The standard InChI is InChI=1S/C15H18N2O3S/c1-10-9-13(14(18)20-10)21-15-16-11-5-3-4-6-12(11)17(15)7-8-19-2/h3-6,10,13H,7-9H2,1-2H3. The van der Waals surface area contributed by atoms with Crippen molar-refractivity contribution in [1.82, 2.24) is 9.55 Å². The number of carbonyl (C=O) groups excluding carboxylic acids is 1. The Bertz CT molecular complexity index is 655. The number of benzene rings is 1. The molecule has 1 saturated heterocycles. The molecule has 3 rings (SSSR count). The number of carbonyl (C=O) groups is 1. The van der Waals surface area contributed by atoms with E-state index in [4.69, 9.17) is 9.47 Å². The minimum Gasteiger partial charge on any atom is -0.462 e. The van der Waals surface area contributed by atoms with Gasteiger partial charge in [0.15, 0.2) is 5.16 Å². The van der Waals surface area contributed by atoms with Crippen LogP contribution in [0.25, 0.3) is 11.0 Å². The molecule has 2 heterocycles. The van der Waals surface area contributed by atoms with Crippen LogP contribution in [0.3, 0.4) is 0 Å². The van der Waals surface area contributed by atoms with Crippen molar-refractivity contribution in [3.05, 3.63) is 24.3 Å². The highest BCUT2D eigenvalue weighted by atomic mass is 32.2. The van der Waals surface area contributed by atoms with E-state index in [-0.39, 0.29) is 17.3 Å². The van der Waals surface area contributed by atoms with Gasteiger partial charge in [0.1, 0.15) is 11.4 Å². The predicted octanol–water partition coefficient (Wildman–Crippen LogP) is 2.48. The number of methoxy groups -OCH3 is 1. The molecule has 0 radical (unpaired) electrons. The third-order valence-corrected chi connectivity index (χ3v) is 4.70. The van der Waals surface area contributed by atoms with Gasteiger partial charge in [0, 0.05) is 20.1 Å². The largest absolute Gasteiger partial charge is 0.462 e. The molecule has 6 heteroatoms. The number of para-hydroxylation sites is 2. The van der Waals surface area contributed by atoms with Crippen molar-refractivity contribution in [2.75, 3.05) is 13.7 Å². The van der Waals surface area contributed by atoms with Gasteiger partial charge in [-0.1, -0.05) is 23.9 Å². The Balaban J connectivity index is 1.91. The lowest BCUT2D eigenvalue weighted by atomic mass is 10.3. The van der Waals surface area contributed by atoms with Crippen molar-refractivity contribution in [1.29, 1.82) is 0 Å². The highest BCUT2D eigenvalue weighted by Crippen LogP contribution is 2.33. The van der Waals surface area contributed by atoms with Crippen LogP contribution >= 0.6 is 11.8 Å². The molecule has 1 aromatic heterocycles. The lowest BCUT2D eigenvalue weighted by Crippen LogP contribution is -2.12. The van der Waals surface area contributed by atoms with Gasteiger partial charge in [-0.25, -0.2) is 4.98 Å². The quantitative estimate of drug-likeness (QED) is 0.794. The number of aromatic nitrogens is 2. The van der Waals surface area contributed by atoms with Crippen molar-refractivity contribution < 1.29 is 14.3 Å². The van der Waals surface area contributed by atoms with Crippen molar-refractivity contribution in [2.24, 2.45) is 0 Å². The Morgan fingerprint density at radius 3 is 3.00 bits per heavy atom. The summed E-state index contributed by atoms with van der Waals surface area (Å²) in [4.78, 5) is 16.5. The predicted molar refractivity (Wildman–Crippen MR) is 81.4 cm³/mol. The third-order valence-electron chi connectivity index (χ3n) is 3.51. The van der Waals surface area contributed by atoms with E-state index < -0.39 is 0 Å². The molecular weight excluding hydrogens is 288 g/mol. The van der Waals surface area contributed by atoms with Gasteiger partial charge in [0.2, 0.25) is 0 Å². The van der Waals surface area contributed by atoms with E-state index >= 15 is 0 Å². The summed E-state index contributed by atoms with van der Waals surface area (Å²) in [5.74, 6) is -0.141. The second-order valence-corrected chi connectivity index (χ2v) is 6.29. The Morgan fingerprint density at radius 2 is 2.29 bits per heavy atom. The third kappa shape index (κ3) is 2.91. The van der Waals surface area contributed by atoms with Crippen molar-refractivity contribution in [2.45, 2.75) is 36.4 Å². The number of fused-ring (bicyclic) bond motifs is 1. The summed E-state index contributed by atoms with van der Waals surface area (Å²) in [5.41, 5.74) is 2.01. The Hall–Kier alpha value is -1.53. The summed E-state index contributed by atoms with van der Waals surface area (Å²) < 4.78 is 12.5. The Labute approximate surface area is 127 Å². The van der Waals surface area contributed by atoms with E-state index in [0.717, 1.165) is 29.2 Å². The highest BCUT2D eigenvalue weighted by molar-refractivity contribution is 8.00. The second-order valence-electron chi connectivity index (χ2n) is 5.12. The van der Waals surface area contributed by atoms with E-state index in [2.05, 4.69) is 9.55 Å². The smallest absolute Gasteiger partial charge is 0.319 e. The molecular formula is C15H18N2O3S. The van der Waals surface area contributed by atoms with E-state index in [1.54, 1.807) is 7.11 Å². The average Bonchev–Trinajstić information content (AvgIpc) is 2.97. The van der Waals surface area contributed by atoms with Gasteiger partial charge < -0.3 is 14.0 Å². The van der Waals surface area contributed by atoms with Crippen LogP contribution in [0.15, 0.2) is 29.4 Å². The minimum absolute atomic E-state index is 0.00759. The van der Waals surface area contributed by atoms with Gasteiger partial charge in [-0.05, 0) is 19.1 Å². The maximum atomic E-state index is 11.8. The number of ether oxygens (including phenoxy) is 2. The molecule has 1 aliphatic heterocycles. The van der Waals surface area contributed by atoms with Crippen LogP contribution in [0.4, 0.5) is 0 Å². The van der Waals surface area contributed by atoms with Crippen molar-refractivity contribution in [3.63, 3.8) is 0 Å². The summed E-state index contributed by atoms with van der Waals surface area (Å²) in [5, 5.41) is 0.683. The first-order valence-corrected chi connectivity index (χ1v) is 7.88. The van der Waals surface area contributed by atoms with Gasteiger partial charge in [0.05, 0.1) is 17.6 Å². The summed E-state index contributed by atoms with van der Waals surface area (Å²) in [6, 6.07) is 7.99. The van der Waals surface area contributed by atoms with Gasteiger partial charge in [-0.2, -0.15) is 0 Å². The molecule has 0 saturated carbocycles. The molecule has 5 nitrogen and oxygen atoms in total. The zero-order chi connectivity index (χ0) is 14.8. The Kier molecular flexibility index (Phi) is 4.17. The van der Waals surface area contributed by atoms with Gasteiger partial charge in [0.25, 0.3) is 0 Å². The van der Waals surface area contributed by atoms with E-state index in [0.29, 0.717) is 6.61 Å². The number of esters is 1. The molecule has 21 heavy (non-hydrogen) atoms. The van der Waals surface area contributed by atoms with Crippen LogP contribution in [0.2, 0.25) is 0 Å². The number of cyclic esters (lactones) is 1. The molecule has 1 aromatic carbocycles. The minimum atomic E-state index is -0.168. The number of imidazole rings is 1. The topological polar surface area (TPSA) is 53.4 Å². The summed E-state index contributed by atoms with van der Waals surface area (Å²) >= 11 is 1.49. The average molecular weight is 306 g/mol. The normalized spacial score (nSPS) is 21.9. The first-order valence-electron chi connectivity index (χ1n) is 7.00. The SMILES string of the molecule is COCCn1c(SC2CC(C)OC2=O)nc2ccccc21. The van der Waals surface area contributed by atoms with Gasteiger partial charge in [-0.15, -0.1) is 0 Å². The van der Waals surface area contributed by atoms with Crippen molar-refractivity contribution in [3.8, 4) is 0 Å². The summed E-state index contributed by atoms with van der Waals surface area (Å²) in [6.07, 6.45) is 0.726. The molecule has 2 atom stereocenters. The molecule has 2 aromatic rings. The number of hydrogen-bond acceptors (Lipinski definition) is 5. The molecule has 0 aliphatic carbocycles. The molecule has 0 spiro atoms. The first kappa shape index (κ1) is 14.4. The Morgan fingerprint density at radius 1 is 1.48 bits per heavy atom. The zero-order valence-electron chi connectivity index (χ0n) is 12.1. The van der Waals surface area contributed by atoms with Crippen LogP contribution < -0.4 is 0 Å². The van der Waals surface area contributed by atoms with Crippen LogP contribution in [-0.2, 0) is 20.8 Å². The van der Waals surface area contributed by atoms with Crippen LogP contribution in [0, 0.1) is 0 Å². The van der Waals surface area contributed by atoms with Crippen molar-refractivity contribution >= 4 is 28.8 Å². The number of hydrogen-bond donors (Lipinski definition) is 0. The fourth-order valence-electron chi connectivity index (χ4n) is 2.49. The first-order chi connectivity index (χ1) is 10.2. The van der Waals surface area contributed by atoms with Crippen LogP contribution in [0.5, 0.6) is 0 Å². The molecule has 2 unspecified atom stereocenters. The lowest BCUT2D eigenvalue weighted by molar-refractivity contribution is -0.140. The molecule has 0 N–H and O–H groups in total. The zero-order valence-corrected chi connectivity index (χ0v) is 12.9. The summed E-state index contributed by atoms with van der Waals surface area (Å²) in [7, 11) is 1.68. The number of thioether (sulfide) groups is 1. The molecule has 112 valence electrons. The van der Waals surface area contributed by atoms with Crippen LogP contribution in [0.1, 0.15) is 13.3 Å². The molecule has 0 amide bonds. The highest BCUT2D eigenvalue weighted by Gasteiger charge is 2.34. The molecule has 1 fully saturated rings. The number of nitrogens with zero attached hydrogens (tertiary/aromatic N) is 2. The fourth-order valence-corrected chi connectivity index (χ4v) is 3.73.